The Balaban J connectivity index is 1.79. The van der Waals surface area contributed by atoms with E-state index < -0.39 is 29.9 Å². The molecule has 1 unspecified atom stereocenters. The summed E-state index contributed by atoms with van der Waals surface area (Å²) in [5, 5.41) is 5.74. The smallest absolute Gasteiger partial charge is 0.325 e. The predicted molar refractivity (Wildman–Crippen MR) is 117 cm³/mol. The van der Waals surface area contributed by atoms with Crippen molar-refractivity contribution in [1.82, 2.24) is 10.2 Å². The van der Waals surface area contributed by atoms with Crippen LogP contribution in [0.2, 0.25) is 5.02 Å². The van der Waals surface area contributed by atoms with Crippen LogP contribution in [0.5, 0.6) is 11.5 Å². The van der Waals surface area contributed by atoms with Crippen molar-refractivity contribution >= 4 is 35.1 Å². The topological polar surface area (TPSA) is 97.0 Å². The van der Waals surface area contributed by atoms with Crippen LogP contribution in [0.4, 0.5) is 10.5 Å². The van der Waals surface area contributed by atoms with Crippen molar-refractivity contribution in [3.63, 3.8) is 0 Å². The van der Waals surface area contributed by atoms with Gasteiger partial charge in [-0.3, -0.25) is 14.5 Å². The average molecular weight is 446 g/mol. The largest absolute Gasteiger partial charge is 0.496 e. The summed E-state index contributed by atoms with van der Waals surface area (Å²) in [6.07, 6.45) is 0.329. The first-order chi connectivity index (χ1) is 14.7. The Bertz CT molecular complexity index is 1040. The number of imide groups is 1. The van der Waals surface area contributed by atoms with Crippen LogP contribution in [0.25, 0.3) is 0 Å². The zero-order chi connectivity index (χ0) is 22.8. The molecule has 2 aromatic rings. The van der Waals surface area contributed by atoms with Gasteiger partial charge in [0, 0.05) is 5.69 Å². The van der Waals surface area contributed by atoms with E-state index in [-0.39, 0.29) is 0 Å². The van der Waals surface area contributed by atoms with Crippen LogP contribution in [0.1, 0.15) is 24.5 Å². The van der Waals surface area contributed by atoms with Crippen molar-refractivity contribution < 1.29 is 23.9 Å². The van der Waals surface area contributed by atoms with E-state index in [2.05, 4.69) is 10.6 Å². The van der Waals surface area contributed by atoms with E-state index in [9.17, 15) is 14.4 Å². The normalized spacial score (nSPS) is 18.0. The zero-order valence-corrected chi connectivity index (χ0v) is 18.5. The summed E-state index contributed by atoms with van der Waals surface area (Å²) in [5.74, 6) is 0.146. The highest BCUT2D eigenvalue weighted by Crippen LogP contribution is 2.35. The number of carbonyl (C=O) groups is 3. The van der Waals surface area contributed by atoms with Crippen LogP contribution in [-0.4, -0.2) is 43.5 Å². The third-order valence-corrected chi connectivity index (χ3v) is 5.63. The zero-order valence-electron chi connectivity index (χ0n) is 17.7. The number of ether oxygens (including phenoxy) is 2. The second-order valence-electron chi connectivity index (χ2n) is 7.16. The fraction of sp³-hybridized carbons (Fsp3) is 0.318. The number of hydrogen-bond donors (Lipinski definition) is 2. The summed E-state index contributed by atoms with van der Waals surface area (Å²) in [4.78, 5) is 39.3. The molecule has 0 saturated carbocycles. The highest BCUT2D eigenvalue weighted by Gasteiger charge is 2.51. The maximum absolute atomic E-state index is 13.3. The Hall–Kier alpha value is -3.26. The fourth-order valence-electron chi connectivity index (χ4n) is 3.64. The van der Waals surface area contributed by atoms with Gasteiger partial charge in [-0.15, -0.1) is 0 Å². The van der Waals surface area contributed by atoms with E-state index in [1.807, 2.05) is 13.0 Å². The Morgan fingerprint density at radius 1 is 1.13 bits per heavy atom. The van der Waals surface area contributed by atoms with E-state index in [0.717, 1.165) is 10.5 Å². The van der Waals surface area contributed by atoms with E-state index in [4.69, 9.17) is 21.1 Å². The van der Waals surface area contributed by atoms with Crippen LogP contribution in [0.3, 0.4) is 0 Å². The number of rotatable bonds is 7. The van der Waals surface area contributed by atoms with Gasteiger partial charge in [0.25, 0.3) is 5.91 Å². The number of nitrogens with zero attached hydrogens (tertiary/aromatic N) is 1. The van der Waals surface area contributed by atoms with E-state index >= 15 is 0 Å². The third kappa shape index (κ3) is 4.16. The first kappa shape index (κ1) is 22.4. The number of nitrogens with one attached hydrogen (secondary N) is 2. The van der Waals surface area contributed by atoms with Gasteiger partial charge in [0.05, 0.1) is 19.2 Å². The lowest BCUT2D eigenvalue weighted by Crippen LogP contribution is -2.44. The molecular formula is C22H24ClN3O5. The van der Waals surface area contributed by atoms with Crippen LogP contribution < -0.4 is 20.1 Å². The van der Waals surface area contributed by atoms with E-state index in [1.165, 1.54) is 13.2 Å². The summed E-state index contributed by atoms with van der Waals surface area (Å²) in [6, 6.07) is 9.44. The van der Waals surface area contributed by atoms with Gasteiger partial charge in [0.1, 0.15) is 23.6 Å². The molecule has 0 bridgehead atoms. The van der Waals surface area contributed by atoms with Gasteiger partial charge >= 0.3 is 6.03 Å². The number of anilines is 1. The average Bonchev–Trinajstić information content (AvgIpc) is 2.99. The summed E-state index contributed by atoms with van der Waals surface area (Å²) in [5.41, 5.74) is 0.659. The molecule has 8 nitrogen and oxygen atoms in total. The van der Waals surface area contributed by atoms with Crippen LogP contribution in [-0.2, 0) is 15.1 Å². The lowest BCUT2D eigenvalue weighted by molar-refractivity contribution is -0.134. The predicted octanol–water partition coefficient (Wildman–Crippen LogP) is 3.46. The maximum atomic E-state index is 13.3. The minimum Gasteiger partial charge on any atom is -0.496 e. The molecule has 164 valence electrons. The second kappa shape index (κ2) is 8.85. The molecule has 31 heavy (non-hydrogen) atoms. The van der Waals surface area contributed by atoms with Gasteiger partial charge in [0.15, 0.2) is 0 Å². The molecule has 1 atom stereocenters. The molecule has 1 fully saturated rings. The fourth-order valence-corrected chi connectivity index (χ4v) is 3.90. The van der Waals surface area contributed by atoms with Crippen LogP contribution >= 0.6 is 11.6 Å². The highest BCUT2D eigenvalue weighted by atomic mass is 35.5. The molecule has 1 aliphatic heterocycles. The van der Waals surface area contributed by atoms with Gasteiger partial charge in [-0.05, 0) is 54.8 Å². The molecule has 1 saturated heterocycles. The molecule has 3 rings (SSSR count). The van der Waals surface area contributed by atoms with Crippen molar-refractivity contribution in [2.45, 2.75) is 25.8 Å². The summed E-state index contributed by atoms with van der Waals surface area (Å²) in [7, 11) is 3.05. The molecule has 0 aromatic heterocycles. The molecule has 2 N–H and O–H groups in total. The number of hydrogen-bond acceptors (Lipinski definition) is 5. The summed E-state index contributed by atoms with van der Waals surface area (Å²) >= 11 is 6.07. The quantitative estimate of drug-likeness (QED) is 0.636. The number of halogens is 1. The molecule has 9 heteroatoms. The molecule has 0 spiro atoms. The number of amides is 4. The van der Waals surface area contributed by atoms with Crippen molar-refractivity contribution in [3.8, 4) is 11.5 Å². The van der Waals surface area contributed by atoms with E-state index in [1.54, 1.807) is 38.3 Å². The first-order valence-electron chi connectivity index (χ1n) is 9.68. The Morgan fingerprint density at radius 2 is 1.81 bits per heavy atom. The monoisotopic (exact) mass is 445 g/mol. The summed E-state index contributed by atoms with van der Waals surface area (Å²) < 4.78 is 10.4. The first-order valence-corrected chi connectivity index (χ1v) is 10.1. The number of aryl methyl sites for hydroxylation is 1. The molecular weight excluding hydrogens is 422 g/mol. The van der Waals surface area contributed by atoms with Crippen molar-refractivity contribution in [3.05, 3.63) is 52.5 Å². The van der Waals surface area contributed by atoms with Crippen molar-refractivity contribution in [2.24, 2.45) is 0 Å². The lowest BCUT2D eigenvalue weighted by atomic mass is 9.86. The Labute approximate surface area is 185 Å². The third-order valence-electron chi connectivity index (χ3n) is 5.33. The van der Waals surface area contributed by atoms with Gasteiger partial charge in [-0.25, -0.2) is 4.79 Å². The van der Waals surface area contributed by atoms with Gasteiger partial charge in [-0.1, -0.05) is 24.6 Å². The lowest BCUT2D eigenvalue weighted by Gasteiger charge is -2.26. The highest BCUT2D eigenvalue weighted by molar-refractivity contribution is 6.32. The minimum absolute atomic E-state index is 0.329. The molecule has 0 radical (unpaired) electrons. The van der Waals surface area contributed by atoms with Gasteiger partial charge in [-0.2, -0.15) is 0 Å². The maximum Gasteiger partial charge on any atom is 0.325 e. The standard InChI is InChI=1S/C22H24ClN3O5/c1-5-22(14-6-8-17(30-3)13(2)10-14)20(28)26(21(29)25-22)12-19(27)24-15-7-9-18(31-4)16(23)11-15/h6-11H,5,12H2,1-4H3,(H,24,27)(H,25,29). The SMILES string of the molecule is CCC1(c2ccc(OC)c(C)c2)NC(=O)N(CC(=O)Nc2ccc(OC)c(Cl)c2)C1=O. The van der Waals surface area contributed by atoms with Crippen LogP contribution in [0.15, 0.2) is 36.4 Å². The Morgan fingerprint density at radius 3 is 2.39 bits per heavy atom. The molecule has 2 aromatic carbocycles. The minimum atomic E-state index is -1.24. The Kier molecular flexibility index (Phi) is 6.40. The van der Waals surface area contributed by atoms with Crippen LogP contribution in [0, 0.1) is 6.92 Å². The number of methoxy groups -OCH3 is 2. The van der Waals surface area contributed by atoms with Crippen molar-refractivity contribution in [2.75, 3.05) is 26.1 Å². The number of carbonyl (C=O) groups excluding carboxylic acids is 3. The van der Waals surface area contributed by atoms with Gasteiger partial charge < -0.3 is 20.1 Å². The van der Waals surface area contributed by atoms with E-state index in [0.29, 0.717) is 34.2 Å². The molecule has 0 aliphatic carbocycles. The summed E-state index contributed by atoms with van der Waals surface area (Å²) in [6.45, 7) is 3.24. The molecule has 1 heterocycles. The number of benzene rings is 2. The molecule has 1 aliphatic rings. The second-order valence-corrected chi connectivity index (χ2v) is 7.57. The van der Waals surface area contributed by atoms with Gasteiger partial charge in [0.2, 0.25) is 5.91 Å². The number of urea groups is 1. The van der Waals surface area contributed by atoms with Crippen molar-refractivity contribution in [1.29, 1.82) is 0 Å². The molecule has 4 amide bonds.